The first-order valence-corrected chi connectivity index (χ1v) is 11.7. The van der Waals surface area contributed by atoms with Gasteiger partial charge in [0, 0.05) is 24.5 Å². The molecule has 0 unspecified atom stereocenters. The van der Waals surface area contributed by atoms with Crippen molar-refractivity contribution in [2.24, 2.45) is 0 Å². The lowest BCUT2D eigenvalue weighted by Crippen LogP contribution is -2.38. The van der Waals surface area contributed by atoms with Crippen LogP contribution in [0.5, 0.6) is 0 Å². The molecule has 1 saturated heterocycles. The van der Waals surface area contributed by atoms with Gasteiger partial charge in [-0.1, -0.05) is 6.07 Å². The standard InChI is InChI=1S/C25H24FN7O2/c26-18-6-7-20(28-13-18)17-12-29-31(14-17)15-19-4-3-9-32(19)25(34)24-23(21-5-1-2-8-27-21)22-16-35-11-10-33(22)30-24/h1-2,5-8,12-14,19H,3-4,9-11,15-16H2/t19-/m0/s1. The van der Waals surface area contributed by atoms with Crippen LogP contribution in [-0.4, -0.2) is 59.5 Å². The maximum Gasteiger partial charge on any atom is 0.275 e. The lowest BCUT2D eigenvalue weighted by Gasteiger charge is -2.24. The minimum absolute atomic E-state index is 0.0111. The van der Waals surface area contributed by atoms with Gasteiger partial charge < -0.3 is 9.64 Å². The molecule has 0 aromatic carbocycles. The van der Waals surface area contributed by atoms with E-state index in [0.29, 0.717) is 44.2 Å². The topological polar surface area (TPSA) is 91.0 Å². The molecule has 35 heavy (non-hydrogen) atoms. The first-order chi connectivity index (χ1) is 17.2. The molecule has 0 N–H and O–H groups in total. The first-order valence-electron chi connectivity index (χ1n) is 11.7. The second-order valence-corrected chi connectivity index (χ2v) is 8.77. The van der Waals surface area contributed by atoms with E-state index in [9.17, 15) is 9.18 Å². The number of ether oxygens (including phenoxy) is 1. The monoisotopic (exact) mass is 473 g/mol. The van der Waals surface area contributed by atoms with Crippen molar-refractivity contribution in [1.82, 2.24) is 34.4 Å². The predicted octanol–water partition coefficient (Wildman–Crippen LogP) is 3.18. The van der Waals surface area contributed by atoms with Gasteiger partial charge in [-0.3, -0.25) is 24.1 Å². The number of halogens is 1. The highest BCUT2D eigenvalue weighted by atomic mass is 19.1. The van der Waals surface area contributed by atoms with E-state index in [1.165, 1.54) is 12.3 Å². The zero-order valence-corrected chi connectivity index (χ0v) is 19.0. The van der Waals surface area contributed by atoms with Crippen molar-refractivity contribution < 1.29 is 13.9 Å². The number of nitrogens with zero attached hydrogens (tertiary/aromatic N) is 7. The second kappa shape index (κ2) is 9.03. The average molecular weight is 474 g/mol. The van der Waals surface area contributed by atoms with Gasteiger partial charge in [0.1, 0.15) is 5.82 Å². The summed E-state index contributed by atoms with van der Waals surface area (Å²) in [5.41, 5.74) is 4.25. The molecule has 0 saturated carbocycles. The van der Waals surface area contributed by atoms with E-state index >= 15 is 0 Å². The highest BCUT2D eigenvalue weighted by molar-refractivity contribution is 5.99. The number of carbonyl (C=O) groups is 1. The van der Waals surface area contributed by atoms with Gasteiger partial charge in [0.05, 0.1) is 67.4 Å². The third kappa shape index (κ3) is 4.10. The molecular formula is C25H24FN7O2. The van der Waals surface area contributed by atoms with Crippen LogP contribution in [0.15, 0.2) is 55.1 Å². The molecule has 6 heterocycles. The lowest BCUT2D eigenvalue weighted by molar-refractivity contribution is 0.0709. The van der Waals surface area contributed by atoms with E-state index in [0.717, 1.165) is 35.4 Å². The molecule has 1 fully saturated rings. The number of amides is 1. The summed E-state index contributed by atoms with van der Waals surface area (Å²) < 4.78 is 22.6. The van der Waals surface area contributed by atoms with Crippen molar-refractivity contribution in [3.63, 3.8) is 0 Å². The van der Waals surface area contributed by atoms with Crippen LogP contribution in [-0.2, 0) is 24.4 Å². The number of hydrogen-bond donors (Lipinski definition) is 0. The van der Waals surface area contributed by atoms with E-state index < -0.39 is 0 Å². The van der Waals surface area contributed by atoms with Crippen molar-refractivity contribution in [3.8, 4) is 22.5 Å². The zero-order chi connectivity index (χ0) is 23.8. The van der Waals surface area contributed by atoms with E-state index in [4.69, 9.17) is 9.84 Å². The molecule has 178 valence electrons. The van der Waals surface area contributed by atoms with Crippen molar-refractivity contribution >= 4 is 5.91 Å². The highest BCUT2D eigenvalue weighted by Crippen LogP contribution is 2.31. The summed E-state index contributed by atoms with van der Waals surface area (Å²) in [4.78, 5) is 24.4. The Balaban J connectivity index is 1.27. The van der Waals surface area contributed by atoms with Crippen molar-refractivity contribution in [3.05, 3.63) is 72.3 Å². The molecule has 1 atom stereocenters. The van der Waals surface area contributed by atoms with E-state index in [-0.39, 0.29) is 17.8 Å². The average Bonchev–Trinajstić information content (AvgIpc) is 3.63. The van der Waals surface area contributed by atoms with Crippen molar-refractivity contribution in [2.45, 2.75) is 38.6 Å². The Kier molecular flexibility index (Phi) is 5.57. The van der Waals surface area contributed by atoms with Crippen LogP contribution in [0.2, 0.25) is 0 Å². The number of hydrogen-bond acceptors (Lipinski definition) is 6. The number of pyridine rings is 2. The Hall–Kier alpha value is -3.92. The third-order valence-corrected chi connectivity index (χ3v) is 6.56. The molecule has 10 heteroatoms. The first kappa shape index (κ1) is 21.6. The summed E-state index contributed by atoms with van der Waals surface area (Å²) in [5.74, 6) is -0.471. The third-order valence-electron chi connectivity index (χ3n) is 6.56. The highest BCUT2D eigenvalue weighted by Gasteiger charge is 2.35. The second-order valence-electron chi connectivity index (χ2n) is 8.77. The Morgan fingerprint density at radius 3 is 2.89 bits per heavy atom. The number of rotatable bonds is 5. The summed E-state index contributed by atoms with van der Waals surface area (Å²) >= 11 is 0. The maximum absolute atomic E-state index is 13.8. The van der Waals surface area contributed by atoms with Gasteiger partial charge in [0.15, 0.2) is 5.69 Å². The molecule has 2 aliphatic heterocycles. The summed E-state index contributed by atoms with van der Waals surface area (Å²) in [6, 6.07) is 8.67. The number of carbonyl (C=O) groups excluding carboxylic acids is 1. The van der Waals surface area contributed by atoms with Gasteiger partial charge in [-0.2, -0.15) is 10.2 Å². The number of likely N-dealkylation sites (tertiary alicyclic amines) is 1. The molecule has 0 aliphatic carbocycles. The molecule has 6 rings (SSSR count). The largest absolute Gasteiger partial charge is 0.373 e. The SMILES string of the molecule is O=C(c1nn2c(c1-c1ccccn1)COCC2)N1CCC[C@H]1Cn1cc(-c2ccc(F)cn2)cn1. The molecule has 4 aromatic rings. The van der Waals surface area contributed by atoms with Gasteiger partial charge in [-0.25, -0.2) is 4.39 Å². The zero-order valence-electron chi connectivity index (χ0n) is 19.0. The quantitative estimate of drug-likeness (QED) is 0.442. The smallest absolute Gasteiger partial charge is 0.275 e. The normalized spacial score (nSPS) is 17.5. The van der Waals surface area contributed by atoms with Crippen LogP contribution in [0.25, 0.3) is 22.5 Å². The minimum atomic E-state index is -0.376. The molecule has 4 aromatic heterocycles. The lowest BCUT2D eigenvalue weighted by atomic mass is 10.1. The summed E-state index contributed by atoms with van der Waals surface area (Å²) in [7, 11) is 0. The molecule has 0 spiro atoms. The summed E-state index contributed by atoms with van der Waals surface area (Å²) in [5, 5.41) is 9.17. The maximum atomic E-state index is 13.8. The number of fused-ring (bicyclic) bond motifs is 1. The van der Waals surface area contributed by atoms with E-state index in [2.05, 4.69) is 15.1 Å². The van der Waals surface area contributed by atoms with Gasteiger partial charge in [-0.05, 0) is 37.1 Å². The summed E-state index contributed by atoms with van der Waals surface area (Å²) in [6.07, 6.45) is 8.31. The van der Waals surface area contributed by atoms with Crippen LogP contribution < -0.4 is 0 Å². The Morgan fingerprint density at radius 1 is 1.11 bits per heavy atom. The van der Waals surface area contributed by atoms with Crippen LogP contribution in [0.3, 0.4) is 0 Å². The molecule has 0 bridgehead atoms. The van der Waals surface area contributed by atoms with Gasteiger partial charge >= 0.3 is 0 Å². The van der Waals surface area contributed by atoms with E-state index in [1.807, 2.05) is 38.7 Å². The fourth-order valence-electron chi connectivity index (χ4n) is 4.86. The predicted molar refractivity (Wildman–Crippen MR) is 125 cm³/mol. The Labute approximate surface area is 201 Å². The van der Waals surface area contributed by atoms with Crippen LogP contribution in [0, 0.1) is 5.82 Å². The van der Waals surface area contributed by atoms with Gasteiger partial charge in [0.25, 0.3) is 5.91 Å². The van der Waals surface area contributed by atoms with Gasteiger partial charge in [-0.15, -0.1) is 0 Å². The van der Waals surface area contributed by atoms with Crippen molar-refractivity contribution in [2.75, 3.05) is 13.2 Å². The molecule has 0 radical (unpaired) electrons. The Morgan fingerprint density at radius 2 is 2.06 bits per heavy atom. The molecule has 1 amide bonds. The van der Waals surface area contributed by atoms with E-state index in [1.54, 1.807) is 18.5 Å². The molecule has 9 nitrogen and oxygen atoms in total. The minimum Gasteiger partial charge on any atom is -0.373 e. The van der Waals surface area contributed by atoms with Gasteiger partial charge in [0.2, 0.25) is 0 Å². The van der Waals surface area contributed by atoms with Crippen LogP contribution >= 0.6 is 0 Å². The fourth-order valence-corrected chi connectivity index (χ4v) is 4.86. The van der Waals surface area contributed by atoms with Crippen LogP contribution in [0.4, 0.5) is 4.39 Å². The summed E-state index contributed by atoms with van der Waals surface area (Å²) in [6.45, 7) is 2.81. The fraction of sp³-hybridized carbons (Fsp3) is 0.320. The number of aromatic nitrogens is 6. The molecule has 2 aliphatic rings. The Bertz CT molecular complexity index is 1350. The van der Waals surface area contributed by atoms with Crippen LogP contribution in [0.1, 0.15) is 29.0 Å². The van der Waals surface area contributed by atoms with Crippen molar-refractivity contribution in [1.29, 1.82) is 0 Å². The molecular weight excluding hydrogens is 449 g/mol.